The maximum absolute atomic E-state index is 14.1. The summed E-state index contributed by atoms with van der Waals surface area (Å²) in [7, 11) is 0. The number of pyridine rings is 1. The van der Waals surface area contributed by atoms with E-state index >= 15 is 0 Å². The molecule has 2 aliphatic rings. The van der Waals surface area contributed by atoms with Gasteiger partial charge in [0, 0.05) is 46.2 Å². The summed E-state index contributed by atoms with van der Waals surface area (Å²) in [5.74, 6) is -2.03. The number of halogens is 2. The minimum absolute atomic E-state index is 0.0181. The molecule has 5 rings (SSSR count). The summed E-state index contributed by atoms with van der Waals surface area (Å²) in [4.78, 5) is 34.1. The van der Waals surface area contributed by atoms with Crippen LogP contribution in [0.4, 0.5) is 11.6 Å². The summed E-state index contributed by atoms with van der Waals surface area (Å²) >= 11 is 12.0. The van der Waals surface area contributed by atoms with Gasteiger partial charge in [-0.1, -0.05) is 23.2 Å². The van der Waals surface area contributed by atoms with Crippen molar-refractivity contribution in [2.45, 2.75) is 11.8 Å². The number of carbonyl (C=O) groups is 2. The topological polar surface area (TPSA) is 159 Å². The van der Waals surface area contributed by atoms with E-state index in [1.165, 1.54) is 12.1 Å². The number of anilines is 2. The summed E-state index contributed by atoms with van der Waals surface area (Å²) in [5.41, 5.74) is 5.42. The summed E-state index contributed by atoms with van der Waals surface area (Å²) in [6, 6.07) is 16.8. The third-order valence-electron chi connectivity index (χ3n) is 7.36. The van der Waals surface area contributed by atoms with E-state index in [1.54, 1.807) is 36.4 Å². The number of morpholine rings is 1. The average Bonchev–Trinajstić information content (AvgIpc) is 3.22. The largest absolute Gasteiger partial charge is 0.383 e. The Morgan fingerprint density at radius 2 is 1.62 bits per heavy atom. The number of carbonyl (C=O) groups excluding carboxylic acids is 2. The number of fused-ring (bicyclic) bond motifs is 1. The number of nitrogens with zero attached hydrogens (tertiary/aromatic N) is 4. The van der Waals surface area contributed by atoms with Gasteiger partial charge in [-0.15, -0.1) is 0 Å². The van der Waals surface area contributed by atoms with E-state index < -0.39 is 29.3 Å². The molecule has 3 aromatic rings. The second kappa shape index (κ2) is 10.7. The number of nitrogens with two attached hydrogens (primary N) is 2. The van der Waals surface area contributed by atoms with Crippen molar-refractivity contribution >= 4 is 52.1 Å². The molecule has 2 atom stereocenters. The van der Waals surface area contributed by atoms with Crippen molar-refractivity contribution in [1.82, 2.24) is 4.98 Å². The minimum Gasteiger partial charge on any atom is -0.383 e. The van der Waals surface area contributed by atoms with E-state index in [1.807, 2.05) is 4.90 Å². The number of nitrogen functional groups attached to an aromatic ring is 1. The smallest absolute Gasteiger partial charge is 0.197 e. The average molecular weight is 574 g/mol. The van der Waals surface area contributed by atoms with Crippen molar-refractivity contribution in [2.24, 2.45) is 5.92 Å². The Morgan fingerprint density at radius 3 is 2.17 bits per heavy atom. The first-order valence-electron chi connectivity index (χ1n) is 12.4. The van der Waals surface area contributed by atoms with Crippen LogP contribution in [0.3, 0.4) is 0 Å². The number of ketones is 2. The molecule has 40 heavy (non-hydrogen) atoms. The van der Waals surface area contributed by atoms with Gasteiger partial charge in [0.05, 0.1) is 24.8 Å². The zero-order valence-electron chi connectivity index (χ0n) is 21.2. The van der Waals surface area contributed by atoms with Crippen LogP contribution in [0.1, 0.15) is 43.8 Å². The molecule has 0 amide bonds. The Bertz CT molecular complexity index is 1620. The first kappa shape index (κ1) is 27.3. The molecule has 0 saturated carbocycles. The molecule has 0 spiro atoms. The molecule has 0 radical (unpaired) electrons. The molecule has 1 saturated heterocycles. The van der Waals surface area contributed by atoms with Gasteiger partial charge < -0.3 is 15.4 Å². The van der Waals surface area contributed by atoms with E-state index in [9.17, 15) is 20.1 Å². The van der Waals surface area contributed by atoms with Crippen LogP contribution in [-0.2, 0) is 10.2 Å². The molecule has 1 aliphatic carbocycles. The molecular weight excluding hydrogens is 551 g/mol. The molecule has 4 N–H and O–H groups in total. The number of aromatic nitrogens is 1. The lowest BCUT2D eigenvalue weighted by Crippen LogP contribution is -2.50. The Morgan fingerprint density at radius 1 is 1.05 bits per heavy atom. The molecule has 11 heteroatoms. The van der Waals surface area contributed by atoms with Crippen LogP contribution in [0.25, 0.3) is 0 Å². The van der Waals surface area contributed by atoms with Crippen molar-refractivity contribution in [2.75, 3.05) is 36.9 Å². The lowest BCUT2D eigenvalue weighted by atomic mass is 9.68. The van der Waals surface area contributed by atoms with Gasteiger partial charge in [-0.3, -0.25) is 15.0 Å². The predicted octanol–water partition coefficient (Wildman–Crippen LogP) is 2.77. The number of nitriles is 2. The second-order valence-electron chi connectivity index (χ2n) is 9.61. The maximum Gasteiger partial charge on any atom is 0.197 e. The summed E-state index contributed by atoms with van der Waals surface area (Å²) in [6.07, 6.45) is -0.441. The first-order chi connectivity index (χ1) is 19.2. The van der Waals surface area contributed by atoms with Crippen molar-refractivity contribution in [3.63, 3.8) is 0 Å². The van der Waals surface area contributed by atoms with Gasteiger partial charge in [-0.2, -0.15) is 10.5 Å². The van der Waals surface area contributed by atoms with Crippen LogP contribution in [0, 0.1) is 28.6 Å². The van der Waals surface area contributed by atoms with E-state index in [0.29, 0.717) is 36.3 Å². The fraction of sp³-hybridized carbons (Fsp3) is 0.241. The normalized spacial score (nSPS) is 19.9. The van der Waals surface area contributed by atoms with Crippen molar-refractivity contribution in [3.05, 3.63) is 86.4 Å². The second-order valence-corrected chi connectivity index (χ2v) is 10.5. The fourth-order valence-electron chi connectivity index (χ4n) is 5.48. The molecule has 1 aromatic heterocycles. The third kappa shape index (κ3) is 4.48. The molecule has 1 aliphatic heterocycles. The lowest BCUT2D eigenvalue weighted by molar-refractivity contribution is -0.117. The lowest BCUT2D eigenvalue weighted by Gasteiger charge is -2.31. The Kier molecular flexibility index (Phi) is 7.31. The van der Waals surface area contributed by atoms with E-state index in [4.69, 9.17) is 39.1 Å². The summed E-state index contributed by atoms with van der Waals surface area (Å²) < 4.78 is 5.44. The van der Waals surface area contributed by atoms with Crippen molar-refractivity contribution < 1.29 is 19.7 Å². The van der Waals surface area contributed by atoms with Gasteiger partial charge in [-0.25, -0.2) is 4.98 Å². The zero-order valence-corrected chi connectivity index (χ0v) is 22.7. The SMILES string of the molecule is N#Cc1c(N2CCOCC2)nc(N)c2c1[C@](C#N)(CC(=O)c1ccc(Cl)cc1)C(C(=O)c1ccc(Cl)cc1)C2=[NH2+]. The van der Waals surface area contributed by atoms with Gasteiger partial charge in [0.25, 0.3) is 0 Å². The first-order valence-corrected chi connectivity index (χ1v) is 13.2. The highest BCUT2D eigenvalue weighted by atomic mass is 35.5. The van der Waals surface area contributed by atoms with Gasteiger partial charge in [-0.05, 0) is 48.5 Å². The highest BCUT2D eigenvalue weighted by Gasteiger charge is 2.60. The third-order valence-corrected chi connectivity index (χ3v) is 7.87. The Hall–Kier alpha value is -4.28. The van der Waals surface area contributed by atoms with Crippen LogP contribution < -0.4 is 16.0 Å². The van der Waals surface area contributed by atoms with E-state index in [-0.39, 0.29) is 45.2 Å². The van der Waals surface area contributed by atoms with Gasteiger partial charge in [0.2, 0.25) is 0 Å². The number of hydrogen-bond donors (Lipinski definition) is 2. The minimum atomic E-state index is -1.85. The molecule has 1 fully saturated rings. The van der Waals surface area contributed by atoms with Crippen molar-refractivity contribution in [1.29, 1.82) is 10.5 Å². The molecule has 2 aromatic carbocycles. The predicted molar refractivity (Wildman–Crippen MR) is 149 cm³/mol. The van der Waals surface area contributed by atoms with Gasteiger partial charge in [0.15, 0.2) is 17.3 Å². The molecule has 2 heterocycles. The van der Waals surface area contributed by atoms with E-state index in [2.05, 4.69) is 17.1 Å². The summed E-state index contributed by atoms with van der Waals surface area (Å²) in [5, 5.41) is 28.8. The standard InChI is InChI=1S/C29H22Cl2N6O3/c30-18-5-1-16(2-6-18)21(38)13-29(15-33)23-20(14-32)28(37-9-11-40-12-10-37)36-27(35)22(23)25(34)24(29)26(39)17-3-7-19(31)8-4-17/h1-8,24,34H,9-13H2,(H2,35,36)/p+1/t24?,29-/m1/s1. The number of ether oxygens (including phenoxy) is 1. The van der Waals surface area contributed by atoms with Gasteiger partial charge >= 0.3 is 0 Å². The molecule has 0 bridgehead atoms. The Labute approximate surface area is 240 Å². The Balaban J connectivity index is 1.75. The number of Topliss-reactive ketones (excluding diaryl/α,β-unsaturated/α-hetero) is 2. The fourth-order valence-corrected chi connectivity index (χ4v) is 5.73. The highest BCUT2D eigenvalue weighted by Crippen LogP contribution is 2.51. The van der Waals surface area contributed by atoms with Crippen LogP contribution >= 0.6 is 23.2 Å². The number of rotatable bonds is 6. The number of hydrogen-bond acceptors (Lipinski definition) is 8. The quantitative estimate of drug-likeness (QED) is 0.426. The zero-order chi connectivity index (χ0) is 28.6. The summed E-state index contributed by atoms with van der Waals surface area (Å²) in [6.45, 7) is 1.70. The molecule has 9 nitrogen and oxygen atoms in total. The van der Waals surface area contributed by atoms with Crippen LogP contribution in [0.2, 0.25) is 10.0 Å². The van der Waals surface area contributed by atoms with Crippen LogP contribution in [0.15, 0.2) is 48.5 Å². The molecule has 1 unspecified atom stereocenters. The van der Waals surface area contributed by atoms with E-state index in [0.717, 1.165) is 0 Å². The molecular formula is C29H23Cl2N6O3+. The van der Waals surface area contributed by atoms with Crippen LogP contribution in [-0.4, -0.2) is 48.6 Å². The number of benzene rings is 2. The van der Waals surface area contributed by atoms with Crippen molar-refractivity contribution in [3.8, 4) is 12.1 Å². The maximum atomic E-state index is 14.1. The monoisotopic (exact) mass is 573 g/mol. The van der Waals surface area contributed by atoms with Gasteiger partial charge in [0.1, 0.15) is 34.6 Å². The highest BCUT2D eigenvalue weighted by molar-refractivity contribution is 6.31. The molecule has 200 valence electrons. The van der Waals surface area contributed by atoms with Crippen LogP contribution in [0.5, 0.6) is 0 Å².